The molecule has 0 aliphatic heterocycles. The molecule has 0 aromatic heterocycles. The number of fused-ring (bicyclic) bond motifs is 36. The third-order valence-corrected chi connectivity index (χ3v) is 21.9. The van der Waals surface area contributed by atoms with Crippen LogP contribution < -0.4 is 0 Å². The molecule has 25 atom stereocenters. The molecule has 15 aliphatic rings. The molecule has 12 bridgehead atoms. The van der Waals surface area contributed by atoms with Gasteiger partial charge in [0, 0.05) is 0 Å². The number of allylic oxidation sites excluding steroid dienone is 6. The average molecular weight is 821 g/mol. The predicted octanol–water partition coefficient (Wildman–Crippen LogP) is 17.4. The number of hydrogen-bond acceptors (Lipinski definition) is 0. The van der Waals surface area contributed by atoms with Gasteiger partial charge in [0.25, 0.3) is 0 Å². The van der Waals surface area contributed by atoms with E-state index in [1.54, 1.807) is 89.9 Å². The Morgan fingerprint density at radius 1 is 0.233 bits per heavy atom. The maximum absolute atomic E-state index is 2.61. The van der Waals surface area contributed by atoms with Crippen molar-refractivity contribution in [3.8, 4) is 0 Å². The first-order valence-electron chi connectivity index (χ1n) is 28.7. The second-order valence-electron chi connectivity index (χ2n) is 22.8. The molecule has 25 unspecified atom stereocenters. The summed E-state index contributed by atoms with van der Waals surface area (Å²) >= 11 is 0. The van der Waals surface area contributed by atoms with Crippen molar-refractivity contribution in [2.75, 3.05) is 0 Å². The Bertz CT molecular complexity index is 1390. The lowest BCUT2D eigenvalue weighted by atomic mass is 9.61. The van der Waals surface area contributed by atoms with E-state index >= 15 is 0 Å². The first kappa shape index (κ1) is 45.8. The largest absolute Gasteiger partial charge is 0.0848 e. The Kier molecular flexibility index (Phi) is 15.1. The van der Waals surface area contributed by atoms with Crippen molar-refractivity contribution in [2.24, 2.45) is 148 Å². The summed E-state index contributed by atoms with van der Waals surface area (Å²) in [4.78, 5) is 0. The van der Waals surface area contributed by atoms with Gasteiger partial charge >= 0.3 is 0 Å². The molecule has 340 valence electrons. The van der Waals surface area contributed by atoms with Crippen LogP contribution in [0, 0.1) is 148 Å². The lowest BCUT2D eigenvalue weighted by Crippen LogP contribution is -2.38. The molecule has 0 radical (unpaired) electrons. The van der Waals surface area contributed by atoms with Crippen molar-refractivity contribution in [2.45, 2.75) is 192 Å². The van der Waals surface area contributed by atoms with Crippen LogP contribution in [0.4, 0.5) is 0 Å². The maximum Gasteiger partial charge on any atom is -0.0194 e. The summed E-state index contributed by atoms with van der Waals surface area (Å²) < 4.78 is 0. The van der Waals surface area contributed by atoms with E-state index in [1.165, 1.54) is 73.0 Å². The van der Waals surface area contributed by atoms with Crippen LogP contribution in [0.25, 0.3) is 0 Å². The summed E-state index contributed by atoms with van der Waals surface area (Å²) in [7, 11) is 0. The third-order valence-electron chi connectivity index (χ3n) is 21.9. The van der Waals surface area contributed by atoms with E-state index in [0.29, 0.717) is 0 Å². The van der Waals surface area contributed by atoms with Crippen LogP contribution in [-0.4, -0.2) is 0 Å². The van der Waals surface area contributed by atoms with Gasteiger partial charge in [-0.2, -0.15) is 0 Å². The van der Waals surface area contributed by atoms with Crippen LogP contribution >= 0.6 is 0 Å². The smallest absolute Gasteiger partial charge is 0.0194 e. The molecule has 0 N–H and O–H groups in total. The molecule has 0 heteroatoms. The van der Waals surface area contributed by atoms with Crippen LogP contribution in [0.2, 0.25) is 0 Å². The highest BCUT2D eigenvalue weighted by molar-refractivity contribution is 5.24. The molecule has 12 saturated carbocycles. The second kappa shape index (κ2) is 19.8. The number of hydrogen-bond donors (Lipinski definition) is 0. The third kappa shape index (κ3) is 7.22. The zero-order valence-corrected chi connectivity index (χ0v) is 41.6. The van der Waals surface area contributed by atoms with E-state index in [-0.39, 0.29) is 0 Å². The SMILES string of the molecule is C1=CC2CC1C1C3CC(C4CCCC43)C21.C1=CC2CC1C1C3CC(C4CCCCC43)C21.CC.CC.CC.CC.CC.CC1CCCCC2C(C1)C1CC2C2C3C=CC(C3)C12. The fourth-order valence-electron chi connectivity index (χ4n) is 21.2. The predicted molar refractivity (Wildman–Crippen MR) is 260 cm³/mol. The summed E-state index contributed by atoms with van der Waals surface area (Å²) in [5.74, 6) is 28.0. The van der Waals surface area contributed by atoms with E-state index < -0.39 is 0 Å². The quantitative estimate of drug-likeness (QED) is 0.169. The molecular formula is C60H100. The lowest BCUT2D eigenvalue weighted by Gasteiger charge is -2.44. The van der Waals surface area contributed by atoms with Crippen molar-refractivity contribution in [1.29, 1.82) is 0 Å². The van der Waals surface area contributed by atoms with E-state index in [4.69, 9.17) is 0 Å². The molecule has 0 saturated heterocycles. The zero-order valence-electron chi connectivity index (χ0n) is 41.6. The Hall–Kier alpha value is -0.780. The summed E-state index contributed by atoms with van der Waals surface area (Å²) in [5, 5.41) is 0. The summed E-state index contributed by atoms with van der Waals surface area (Å²) in [6.45, 7) is 22.5. The van der Waals surface area contributed by atoms with Gasteiger partial charge in [0.2, 0.25) is 0 Å². The highest BCUT2D eigenvalue weighted by Crippen LogP contribution is 2.73. The Labute approximate surface area is 374 Å². The van der Waals surface area contributed by atoms with Crippen LogP contribution in [0.1, 0.15) is 192 Å². The number of rotatable bonds is 0. The molecule has 15 rings (SSSR count). The fraction of sp³-hybridized carbons (Fsp3) is 0.900. The molecule has 12 fully saturated rings. The van der Waals surface area contributed by atoms with E-state index in [0.717, 1.165) is 101 Å². The Morgan fingerprint density at radius 3 is 0.767 bits per heavy atom. The van der Waals surface area contributed by atoms with Crippen molar-refractivity contribution in [3.63, 3.8) is 0 Å². The topological polar surface area (TPSA) is 0 Å². The first-order chi connectivity index (χ1) is 29.7. The first-order valence-corrected chi connectivity index (χ1v) is 28.7. The van der Waals surface area contributed by atoms with E-state index in [2.05, 4.69) is 43.4 Å². The normalized spacial score (nSPS) is 54.4. The van der Waals surface area contributed by atoms with Crippen molar-refractivity contribution in [3.05, 3.63) is 36.5 Å². The Morgan fingerprint density at radius 2 is 0.467 bits per heavy atom. The molecule has 0 nitrogen and oxygen atoms in total. The van der Waals surface area contributed by atoms with Gasteiger partial charge in [-0.25, -0.2) is 0 Å². The second-order valence-corrected chi connectivity index (χ2v) is 22.8. The van der Waals surface area contributed by atoms with Crippen molar-refractivity contribution >= 4 is 0 Å². The highest BCUT2D eigenvalue weighted by atomic mass is 14.7. The molecule has 0 aromatic carbocycles. The minimum absolute atomic E-state index is 1.01. The van der Waals surface area contributed by atoms with Gasteiger partial charge in [-0.05, 0) is 225 Å². The zero-order chi connectivity index (χ0) is 42.4. The summed E-state index contributed by atoms with van der Waals surface area (Å²) in [6.07, 6.45) is 43.8. The summed E-state index contributed by atoms with van der Waals surface area (Å²) in [5.41, 5.74) is 0. The van der Waals surface area contributed by atoms with Gasteiger partial charge < -0.3 is 0 Å². The van der Waals surface area contributed by atoms with E-state index in [1.807, 2.05) is 69.2 Å². The van der Waals surface area contributed by atoms with E-state index in [9.17, 15) is 0 Å². The molecule has 60 heavy (non-hydrogen) atoms. The molecule has 0 spiro atoms. The molecule has 15 aliphatic carbocycles. The highest BCUT2D eigenvalue weighted by Gasteiger charge is 2.67. The standard InChI is InChI=1S/C19H28.C16H22.C15H20.5C2H6/c1-11-4-2-3-5-14-15(8-11)17-10-16(14)18-12-6-7-13(9-12)19(17)18;1-2-4-12-11(3-1)13-8-14(12)16-10-6-5-9(7-10)15(13)16;1-2-10-11(3-1)13-7-12(10)14-8-4-5-9(6-8)15(13)14;5*1-2/h6-7,11-19H,2-5,8-10H2,1H3;5-6,9-16H,1-4,7-8H2;4-5,8-15H,1-3,6-7H2;5*1-2H3. The van der Waals surface area contributed by atoms with Gasteiger partial charge in [0.05, 0.1) is 0 Å². The van der Waals surface area contributed by atoms with Gasteiger partial charge in [-0.1, -0.05) is 151 Å². The molecular weight excluding hydrogens is 721 g/mol. The maximum atomic E-state index is 2.61. The Balaban J connectivity index is 0.000000113. The van der Waals surface area contributed by atoms with Crippen molar-refractivity contribution < 1.29 is 0 Å². The van der Waals surface area contributed by atoms with Crippen LogP contribution in [0.5, 0.6) is 0 Å². The summed E-state index contributed by atoms with van der Waals surface area (Å²) in [6, 6.07) is 0. The van der Waals surface area contributed by atoms with Crippen LogP contribution in [0.15, 0.2) is 36.5 Å². The monoisotopic (exact) mass is 821 g/mol. The average Bonchev–Trinajstić information content (AvgIpc) is 4.13. The minimum Gasteiger partial charge on any atom is -0.0848 e. The van der Waals surface area contributed by atoms with Crippen LogP contribution in [0.3, 0.4) is 0 Å². The van der Waals surface area contributed by atoms with Crippen molar-refractivity contribution in [1.82, 2.24) is 0 Å². The molecule has 0 aromatic rings. The lowest BCUT2D eigenvalue weighted by molar-refractivity contribution is 0.0579. The van der Waals surface area contributed by atoms with Gasteiger partial charge in [0.1, 0.15) is 0 Å². The molecule has 0 heterocycles. The minimum atomic E-state index is 1.01. The van der Waals surface area contributed by atoms with Gasteiger partial charge in [-0.3, -0.25) is 0 Å². The molecule has 0 amide bonds. The van der Waals surface area contributed by atoms with Gasteiger partial charge in [-0.15, -0.1) is 0 Å². The fourth-order valence-corrected chi connectivity index (χ4v) is 21.2. The van der Waals surface area contributed by atoms with Crippen LogP contribution in [-0.2, 0) is 0 Å². The van der Waals surface area contributed by atoms with Gasteiger partial charge in [0.15, 0.2) is 0 Å².